The summed E-state index contributed by atoms with van der Waals surface area (Å²) < 4.78 is 4.55. The highest BCUT2D eigenvalue weighted by Crippen LogP contribution is 2.23. The number of thiophene rings is 1. The minimum Gasteiger partial charge on any atom is -0.465 e. The van der Waals surface area contributed by atoms with Gasteiger partial charge < -0.3 is 9.84 Å². The number of methoxy groups -OCH3 is 1. The second kappa shape index (κ2) is 3.69. The highest BCUT2D eigenvalue weighted by molar-refractivity contribution is 7.12. The van der Waals surface area contributed by atoms with E-state index in [1.807, 2.05) is 0 Å². The zero-order valence-corrected chi connectivity index (χ0v) is 7.72. The van der Waals surface area contributed by atoms with E-state index in [2.05, 4.69) is 4.74 Å². The van der Waals surface area contributed by atoms with Crippen LogP contribution >= 0.6 is 11.3 Å². The first kappa shape index (κ1) is 9.22. The standard InChI is InChI=1S/C8H10O3S/c1-5(9)6-3-4-12-7(6)8(10)11-2/h3-5,9H,1-2H3/t5-/m1/s1. The van der Waals surface area contributed by atoms with E-state index >= 15 is 0 Å². The average Bonchev–Trinajstić information content (AvgIpc) is 2.50. The molecule has 0 saturated heterocycles. The van der Waals surface area contributed by atoms with Crippen molar-refractivity contribution in [1.29, 1.82) is 0 Å². The predicted molar refractivity (Wildman–Crippen MR) is 46.3 cm³/mol. The molecule has 1 rings (SSSR count). The highest BCUT2D eigenvalue weighted by atomic mass is 32.1. The number of aliphatic hydroxyl groups is 1. The van der Waals surface area contributed by atoms with E-state index in [4.69, 9.17) is 0 Å². The van der Waals surface area contributed by atoms with Crippen molar-refractivity contribution >= 4 is 17.3 Å². The Morgan fingerprint density at radius 3 is 2.92 bits per heavy atom. The quantitative estimate of drug-likeness (QED) is 0.713. The minimum atomic E-state index is -0.620. The van der Waals surface area contributed by atoms with Gasteiger partial charge in [0, 0.05) is 5.56 Å². The molecule has 0 bridgehead atoms. The van der Waals surface area contributed by atoms with E-state index in [1.165, 1.54) is 18.4 Å². The number of rotatable bonds is 2. The maximum absolute atomic E-state index is 11.1. The fraction of sp³-hybridized carbons (Fsp3) is 0.375. The molecular weight excluding hydrogens is 176 g/mol. The van der Waals surface area contributed by atoms with Crippen molar-refractivity contribution in [2.75, 3.05) is 7.11 Å². The summed E-state index contributed by atoms with van der Waals surface area (Å²) in [6.45, 7) is 1.62. The average molecular weight is 186 g/mol. The summed E-state index contributed by atoms with van der Waals surface area (Å²) in [6.07, 6.45) is -0.620. The lowest BCUT2D eigenvalue weighted by atomic mass is 10.2. The zero-order chi connectivity index (χ0) is 9.14. The van der Waals surface area contributed by atoms with Crippen LogP contribution in [0.5, 0.6) is 0 Å². The van der Waals surface area contributed by atoms with Crippen LogP contribution < -0.4 is 0 Å². The van der Waals surface area contributed by atoms with Gasteiger partial charge in [-0.15, -0.1) is 11.3 Å². The summed E-state index contributed by atoms with van der Waals surface area (Å²) in [4.78, 5) is 11.6. The molecule has 0 aliphatic rings. The molecule has 12 heavy (non-hydrogen) atoms. The molecule has 0 aliphatic heterocycles. The second-order valence-corrected chi connectivity index (χ2v) is 3.29. The zero-order valence-electron chi connectivity index (χ0n) is 6.90. The van der Waals surface area contributed by atoms with Crippen molar-refractivity contribution in [3.05, 3.63) is 21.9 Å². The largest absolute Gasteiger partial charge is 0.465 e. The Balaban J connectivity index is 2.99. The molecule has 0 amide bonds. The van der Waals surface area contributed by atoms with Crippen LogP contribution in [0.1, 0.15) is 28.3 Å². The minimum absolute atomic E-state index is 0.388. The van der Waals surface area contributed by atoms with Gasteiger partial charge >= 0.3 is 5.97 Å². The van der Waals surface area contributed by atoms with Crippen LogP contribution in [0.15, 0.2) is 11.4 Å². The molecule has 3 nitrogen and oxygen atoms in total. The Kier molecular flexibility index (Phi) is 2.83. The molecule has 66 valence electrons. The van der Waals surface area contributed by atoms with Gasteiger partial charge in [0.05, 0.1) is 13.2 Å². The maximum atomic E-state index is 11.1. The van der Waals surface area contributed by atoms with Gasteiger partial charge in [0.25, 0.3) is 0 Å². The fourth-order valence-corrected chi connectivity index (χ4v) is 1.81. The van der Waals surface area contributed by atoms with Gasteiger partial charge in [-0.2, -0.15) is 0 Å². The molecule has 1 aromatic rings. The number of esters is 1. The lowest BCUT2D eigenvalue weighted by molar-refractivity contribution is 0.0600. The van der Waals surface area contributed by atoms with Crippen molar-refractivity contribution < 1.29 is 14.6 Å². The van der Waals surface area contributed by atoms with E-state index in [9.17, 15) is 9.90 Å². The van der Waals surface area contributed by atoms with E-state index in [0.717, 1.165) is 0 Å². The van der Waals surface area contributed by atoms with E-state index < -0.39 is 6.10 Å². The summed E-state index contributed by atoms with van der Waals surface area (Å²) in [5.74, 6) is -0.388. The van der Waals surface area contributed by atoms with Crippen molar-refractivity contribution in [2.45, 2.75) is 13.0 Å². The van der Waals surface area contributed by atoms with Crippen molar-refractivity contribution in [3.8, 4) is 0 Å². The monoisotopic (exact) mass is 186 g/mol. The Bertz CT molecular complexity index is 278. The molecule has 0 saturated carbocycles. The Labute approximate surface area is 74.6 Å². The van der Waals surface area contributed by atoms with Gasteiger partial charge in [-0.1, -0.05) is 0 Å². The van der Waals surface area contributed by atoms with Crippen LogP contribution in [-0.2, 0) is 4.74 Å². The Morgan fingerprint density at radius 2 is 2.42 bits per heavy atom. The second-order valence-electron chi connectivity index (χ2n) is 2.37. The molecule has 0 unspecified atom stereocenters. The molecule has 1 N–H and O–H groups in total. The lowest BCUT2D eigenvalue weighted by Gasteiger charge is -2.03. The number of carbonyl (C=O) groups excluding carboxylic acids is 1. The van der Waals surface area contributed by atoms with Crippen LogP contribution in [0.2, 0.25) is 0 Å². The van der Waals surface area contributed by atoms with Crippen molar-refractivity contribution in [3.63, 3.8) is 0 Å². The maximum Gasteiger partial charge on any atom is 0.348 e. The Morgan fingerprint density at radius 1 is 1.75 bits per heavy atom. The molecule has 1 atom stereocenters. The fourth-order valence-electron chi connectivity index (χ4n) is 0.907. The van der Waals surface area contributed by atoms with Crippen LogP contribution in [0.3, 0.4) is 0 Å². The molecule has 1 heterocycles. The third-order valence-electron chi connectivity index (χ3n) is 1.52. The summed E-state index contributed by atoms with van der Waals surface area (Å²) in [6, 6.07) is 1.72. The molecule has 4 heteroatoms. The molecule has 0 fully saturated rings. The molecule has 1 aromatic heterocycles. The summed E-state index contributed by atoms with van der Waals surface area (Å²) in [5.41, 5.74) is 0.631. The summed E-state index contributed by atoms with van der Waals surface area (Å²) in [5, 5.41) is 11.0. The molecule has 0 aromatic carbocycles. The van der Waals surface area contributed by atoms with Crippen molar-refractivity contribution in [2.24, 2.45) is 0 Å². The van der Waals surface area contributed by atoms with E-state index in [1.54, 1.807) is 18.4 Å². The van der Waals surface area contributed by atoms with Gasteiger partial charge in [-0.3, -0.25) is 0 Å². The van der Waals surface area contributed by atoms with E-state index in [-0.39, 0.29) is 5.97 Å². The van der Waals surface area contributed by atoms with Crippen molar-refractivity contribution in [1.82, 2.24) is 0 Å². The predicted octanol–water partition coefficient (Wildman–Crippen LogP) is 1.59. The van der Waals surface area contributed by atoms with E-state index in [0.29, 0.717) is 10.4 Å². The molecule has 0 aliphatic carbocycles. The molecular formula is C8H10O3S. The number of hydrogen-bond donors (Lipinski definition) is 1. The first-order valence-electron chi connectivity index (χ1n) is 3.50. The third kappa shape index (κ3) is 1.65. The van der Waals surface area contributed by atoms with Crippen LogP contribution in [-0.4, -0.2) is 18.2 Å². The van der Waals surface area contributed by atoms with Gasteiger partial charge in [-0.05, 0) is 18.4 Å². The van der Waals surface area contributed by atoms with Gasteiger partial charge in [0.1, 0.15) is 4.88 Å². The van der Waals surface area contributed by atoms with Gasteiger partial charge in [0.15, 0.2) is 0 Å². The topological polar surface area (TPSA) is 46.5 Å². The first-order valence-corrected chi connectivity index (χ1v) is 4.38. The molecule has 0 radical (unpaired) electrons. The number of ether oxygens (including phenoxy) is 1. The van der Waals surface area contributed by atoms with Gasteiger partial charge in [0.2, 0.25) is 0 Å². The number of carbonyl (C=O) groups is 1. The third-order valence-corrected chi connectivity index (χ3v) is 2.43. The number of hydrogen-bond acceptors (Lipinski definition) is 4. The summed E-state index contributed by atoms with van der Waals surface area (Å²) in [7, 11) is 1.33. The Hall–Kier alpha value is -0.870. The van der Waals surface area contributed by atoms with Crippen LogP contribution in [0.25, 0.3) is 0 Å². The lowest BCUT2D eigenvalue weighted by Crippen LogP contribution is -2.03. The van der Waals surface area contributed by atoms with Crippen LogP contribution in [0, 0.1) is 0 Å². The highest BCUT2D eigenvalue weighted by Gasteiger charge is 2.16. The van der Waals surface area contributed by atoms with Gasteiger partial charge in [-0.25, -0.2) is 4.79 Å². The number of aliphatic hydroxyl groups excluding tert-OH is 1. The first-order chi connectivity index (χ1) is 5.66. The molecule has 0 spiro atoms. The SMILES string of the molecule is COC(=O)c1sccc1[C@@H](C)O. The smallest absolute Gasteiger partial charge is 0.348 e. The normalized spacial score (nSPS) is 12.6. The van der Waals surface area contributed by atoms with Crippen LogP contribution in [0.4, 0.5) is 0 Å². The summed E-state index contributed by atoms with van der Waals surface area (Å²) >= 11 is 1.28.